The second-order valence-corrected chi connectivity index (χ2v) is 5.25. The molecule has 2 aromatic carbocycles. The summed E-state index contributed by atoms with van der Waals surface area (Å²) in [5.41, 5.74) is -0.0885. The van der Waals surface area contributed by atoms with Crippen LogP contribution in [0.25, 0.3) is 6.08 Å². The molecule has 0 aromatic heterocycles. The summed E-state index contributed by atoms with van der Waals surface area (Å²) < 4.78 is 66.0. The van der Waals surface area contributed by atoms with E-state index in [0.717, 1.165) is 12.1 Å². The van der Waals surface area contributed by atoms with Gasteiger partial charge in [-0.2, -0.15) is 8.78 Å². The molecular formula is C18H11F4NO4. The summed E-state index contributed by atoms with van der Waals surface area (Å²) in [6.45, 7) is -3.07. The van der Waals surface area contributed by atoms with Gasteiger partial charge < -0.3 is 14.2 Å². The molecule has 0 amide bonds. The third kappa shape index (κ3) is 4.08. The van der Waals surface area contributed by atoms with Gasteiger partial charge in [-0.15, -0.1) is 0 Å². The highest BCUT2D eigenvalue weighted by atomic mass is 19.3. The van der Waals surface area contributed by atoms with E-state index in [-0.39, 0.29) is 28.7 Å². The molecule has 0 fully saturated rings. The molecule has 2 aromatic rings. The van der Waals surface area contributed by atoms with Gasteiger partial charge >= 0.3 is 12.6 Å². The molecule has 9 heteroatoms. The quantitative estimate of drug-likeness (QED) is 0.448. The zero-order valence-electron chi connectivity index (χ0n) is 13.7. The molecule has 0 saturated heterocycles. The number of carbonyl (C=O) groups is 1. The van der Waals surface area contributed by atoms with Crippen molar-refractivity contribution in [3.63, 3.8) is 0 Å². The number of hydrogen-bond acceptors (Lipinski definition) is 5. The number of rotatable bonds is 5. The van der Waals surface area contributed by atoms with Crippen LogP contribution in [0.3, 0.4) is 0 Å². The maximum absolute atomic E-state index is 13.8. The number of carbonyl (C=O) groups excluding carboxylic acids is 1. The Hall–Kier alpha value is -3.36. The summed E-state index contributed by atoms with van der Waals surface area (Å²) in [6, 6.07) is 6.77. The van der Waals surface area contributed by atoms with Gasteiger partial charge in [0.1, 0.15) is 11.6 Å². The van der Waals surface area contributed by atoms with Crippen molar-refractivity contribution in [2.24, 2.45) is 4.99 Å². The lowest BCUT2D eigenvalue weighted by Gasteiger charge is -2.10. The predicted octanol–water partition coefficient (Wildman–Crippen LogP) is 3.92. The smallest absolute Gasteiger partial charge is 0.387 e. The average Bonchev–Trinajstić information content (AvgIpc) is 2.95. The van der Waals surface area contributed by atoms with Crippen LogP contribution in [0, 0.1) is 11.6 Å². The first kappa shape index (κ1) is 18.4. The number of halogens is 4. The fraction of sp³-hybridized carbons (Fsp3) is 0.111. The normalized spacial score (nSPS) is 15.1. The SMILES string of the molecule is COc1ccc(/C=C2/N=C(c3ccc(F)cc3F)OC2=O)cc1OC(F)F. The van der Waals surface area contributed by atoms with E-state index in [1.807, 2.05) is 0 Å². The molecule has 1 aliphatic rings. The van der Waals surface area contributed by atoms with Crippen LogP contribution in [0.2, 0.25) is 0 Å². The Kier molecular flexibility index (Phi) is 5.11. The predicted molar refractivity (Wildman–Crippen MR) is 86.6 cm³/mol. The van der Waals surface area contributed by atoms with Crippen LogP contribution in [0.5, 0.6) is 11.5 Å². The highest BCUT2D eigenvalue weighted by Gasteiger charge is 2.26. The summed E-state index contributed by atoms with van der Waals surface area (Å²) in [4.78, 5) is 15.8. The van der Waals surface area contributed by atoms with Crippen molar-refractivity contribution in [3.8, 4) is 11.5 Å². The first-order valence-electron chi connectivity index (χ1n) is 7.48. The maximum atomic E-state index is 13.8. The molecule has 3 rings (SSSR count). The van der Waals surface area contributed by atoms with Crippen molar-refractivity contribution in [3.05, 3.63) is 64.9 Å². The summed E-state index contributed by atoms with van der Waals surface area (Å²) in [7, 11) is 1.29. The van der Waals surface area contributed by atoms with Gasteiger partial charge in [0.15, 0.2) is 17.2 Å². The third-order valence-electron chi connectivity index (χ3n) is 3.49. The molecule has 0 unspecified atom stereocenters. The van der Waals surface area contributed by atoms with Gasteiger partial charge in [0.2, 0.25) is 5.90 Å². The van der Waals surface area contributed by atoms with E-state index in [2.05, 4.69) is 9.73 Å². The highest BCUT2D eigenvalue weighted by Crippen LogP contribution is 2.31. The van der Waals surface area contributed by atoms with Gasteiger partial charge in [-0.25, -0.2) is 18.6 Å². The Balaban J connectivity index is 1.94. The molecule has 0 bridgehead atoms. The van der Waals surface area contributed by atoms with Crippen LogP contribution in [0.1, 0.15) is 11.1 Å². The van der Waals surface area contributed by atoms with Crippen molar-refractivity contribution in [2.45, 2.75) is 6.61 Å². The Bertz CT molecular complexity index is 956. The van der Waals surface area contributed by atoms with Crippen LogP contribution in [-0.2, 0) is 9.53 Å². The van der Waals surface area contributed by atoms with Crippen LogP contribution in [0.4, 0.5) is 17.6 Å². The van der Waals surface area contributed by atoms with Gasteiger partial charge in [0, 0.05) is 6.07 Å². The van der Waals surface area contributed by atoms with Crippen molar-refractivity contribution in [2.75, 3.05) is 7.11 Å². The van der Waals surface area contributed by atoms with E-state index in [4.69, 9.17) is 9.47 Å². The lowest BCUT2D eigenvalue weighted by atomic mass is 10.1. The molecule has 1 aliphatic heterocycles. The molecule has 0 radical (unpaired) electrons. The highest BCUT2D eigenvalue weighted by molar-refractivity contribution is 6.12. The Morgan fingerprint density at radius 2 is 1.89 bits per heavy atom. The van der Waals surface area contributed by atoms with E-state index in [9.17, 15) is 22.4 Å². The number of hydrogen-bond donors (Lipinski definition) is 0. The summed E-state index contributed by atoms with van der Waals surface area (Å²) in [5, 5.41) is 0. The second kappa shape index (κ2) is 7.48. The molecule has 0 N–H and O–H groups in total. The molecule has 0 aliphatic carbocycles. The largest absolute Gasteiger partial charge is 0.493 e. The lowest BCUT2D eigenvalue weighted by Crippen LogP contribution is -2.07. The average molecular weight is 381 g/mol. The minimum absolute atomic E-state index is 0.0732. The summed E-state index contributed by atoms with van der Waals surface area (Å²) in [5.74, 6) is -3.10. The van der Waals surface area contributed by atoms with Crippen LogP contribution < -0.4 is 9.47 Å². The number of esters is 1. The number of benzene rings is 2. The number of alkyl halides is 2. The van der Waals surface area contributed by atoms with Gasteiger partial charge in [-0.1, -0.05) is 6.07 Å². The number of cyclic esters (lactones) is 1. The number of nitrogens with zero attached hydrogens (tertiary/aromatic N) is 1. The zero-order valence-corrected chi connectivity index (χ0v) is 13.7. The minimum Gasteiger partial charge on any atom is -0.493 e. The standard InChI is InChI=1S/C18H11F4NO4/c1-25-14-5-2-9(7-15(14)26-18(21)22)6-13-17(24)27-16(23-13)11-4-3-10(19)8-12(11)20/h2-8,18H,1H3/b13-6+. The van der Waals surface area contributed by atoms with Crippen molar-refractivity contribution >= 4 is 17.9 Å². The van der Waals surface area contributed by atoms with E-state index >= 15 is 0 Å². The summed E-state index contributed by atoms with van der Waals surface area (Å²) >= 11 is 0. The van der Waals surface area contributed by atoms with E-state index in [1.54, 1.807) is 0 Å². The van der Waals surface area contributed by atoms with E-state index < -0.39 is 24.2 Å². The van der Waals surface area contributed by atoms with E-state index in [0.29, 0.717) is 11.6 Å². The Morgan fingerprint density at radius 1 is 1.11 bits per heavy atom. The van der Waals surface area contributed by atoms with Crippen molar-refractivity contribution < 1.29 is 36.6 Å². The number of ether oxygens (including phenoxy) is 3. The lowest BCUT2D eigenvalue weighted by molar-refractivity contribution is -0.129. The van der Waals surface area contributed by atoms with Crippen LogP contribution in [-0.4, -0.2) is 25.6 Å². The van der Waals surface area contributed by atoms with Crippen LogP contribution in [0.15, 0.2) is 47.1 Å². The van der Waals surface area contributed by atoms with E-state index in [1.165, 1.54) is 31.4 Å². The molecular weight excluding hydrogens is 370 g/mol. The fourth-order valence-corrected chi connectivity index (χ4v) is 2.32. The third-order valence-corrected chi connectivity index (χ3v) is 3.49. The fourth-order valence-electron chi connectivity index (χ4n) is 2.32. The first-order valence-corrected chi connectivity index (χ1v) is 7.48. The molecule has 5 nitrogen and oxygen atoms in total. The zero-order chi connectivity index (χ0) is 19.6. The van der Waals surface area contributed by atoms with Crippen molar-refractivity contribution in [1.82, 2.24) is 0 Å². The molecule has 0 atom stereocenters. The first-order chi connectivity index (χ1) is 12.9. The van der Waals surface area contributed by atoms with Crippen molar-refractivity contribution in [1.29, 1.82) is 0 Å². The van der Waals surface area contributed by atoms with Gasteiger partial charge in [-0.05, 0) is 35.9 Å². The Labute approximate surface area is 150 Å². The number of aliphatic imine (C=N–C) groups is 1. The van der Waals surface area contributed by atoms with Gasteiger partial charge in [-0.3, -0.25) is 0 Å². The topological polar surface area (TPSA) is 57.1 Å². The van der Waals surface area contributed by atoms with Crippen LogP contribution >= 0.6 is 0 Å². The molecule has 1 heterocycles. The van der Waals surface area contributed by atoms with Gasteiger partial charge in [0.25, 0.3) is 0 Å². The second-order valence-electron chi connectivity index (χ2n) is 5.25. The molecule has 27 heavy (non-hydrogen) atoms. The van der Waals surface area contributed by atoms with Gasteiger partial charge in [0.05, 0.1) is 12.7 Å². The monoisotopic (exact) mass is 381 g/mol. The number of methoxy groups -OCH3 is 1. The Morgan fingerprint density at radius 3 is 2.56 bits per heavy atom. The molecule has 140 valence electrons. The minimum atomic E-state index is -3.07. The maximum Gasteiger partial charge on any atom is 0.387 e. The molecule has 0 spiro atoms. The summed E-state index contributed by atoms with van der Waals surface area (Å²) in [6.07, 6.45) is 1.24. The molecule has 0 saturated carbocycles.